The van der Waals surface area contributed by atoms with Crippen molar-refractivity contribution in [1.82, 2.24) is 0 Å². The number of rotatable bonds is 3. The molecule has 0 atom stereocenters. The summed E-state index contributed by atoms with van der Waals surface area (Å²) in [6, 6.07) is 3.22. The van der Waals surface area contributed by atoms with Gasteiger partial charge in [0.25, 0.3) is 9.05 Å². The highest BCUT2D eigenvalue weighted by molar-refractivity contribution is 9.10. The fraction of sp³-hybridized carbons (Fsp3) is 0.400. The van der Waals surface area contributed by atoms with E-state index in [1.807, 2.05) is 13.8 Å². The van der Waals surface area contributed by atoms with Gasteiger partial charge in [-0.1, -0.05) is 15.9 Å². The second kappa shape index (κ2) is 4.94. The minimum Gasteiger partial charge on any atom is -0.489 e. The fourth-order valence-electron chi connectivity index (χ4n) is 1.27. The summed E-state index contributed by atoms with van der Waals surface area (Å²) in [7, 11) is 1.56. The second-order valence-corrected chi connectivity index (χ2v) is 7.10. The zero-order valence-corrected chi connectivity index (χ0v) is 12.3. The lowest BCUT2D eigenvalue weighted by Gasteiger charge is -2.15. The van der Waals surface area contributed by atoms with Crippen molar-refractivity contribution in [3.8, 4) is 5.75 Å². The summed E-state index contributed by atoms with van der Waals surface area (Å²) >= 11 is 3.23. The molecule has 1 rings (SSSR count). The molecule has 6 heteroatoms. The van der Waals surface area contributed by atoms with Crippen LogP contribution in [-0.4, -0.2) is 14.5 Å². The average Bonchev–Trinajstić information content (AvgIpc) is 2.06. The first-order chi connectivity index (χ1) is 7.21. The number of hydrogen-bond acceptors (Lipinski definition) is 3. The number of halogens is 2. The highest BCUT2D eigenvalue weighted by atomic mass is 79.9. The smallest absolute Gasteiger partial charge is 0.265 e. The predicted octanol–water partition coefficient (Wildman–Crippen LogP) is 3.47. The monoisotopic (exact) mass is 326 g/mol. The van der Waals surface area contributed by atoms with Gasteiger partial charge in [-0.05, 0) is 38.5 Å². The molecular weight excluding hydrogens is 316 g/mol. The highest BCUT2D eigenvalue weighted by Gasteiger charge is 2.20. The third kappa shape index (κ3) is 3.37. The molecular formula is C10H12BrClO3S. The van der Waals surface area contributed by atoms with Crippen LogP contribution in [0.15, 0.2) is 21.5 Å². The lowest BCUT2D eigenvalue weighted by molar-refractivity contribution is 0.234. The minimum absolute atomic E-state index is 0.00487. The summed E-state index contributed by atoms with van der Waals surface area (Å²) in [6.07, 6.45) is -0.114. The second-order valence-electron chi connectivity index (χ2n) is 3.65. The summed E-state index contributed by atoms with van der Waals surface area (Å²) in [5.74, 6) is 0.313. The van der Waals surface area contributed by atoms with Crippen molar-refractivity contribution in [3.05, 3.63) is 22.2 Å². The molecule has 0 saturated heterocycles. The summed E-state index contributed by atoms with van der Waals surface area (Å²) in [4.78, 5) is -0.00487. The van der Waals surface area contributed by atoms with Crippen molar-refractivity contribution in [3.63, 3.8) is 0 Å². The maximum absolute atomic E-state index is 11.4. The van der Waals surface area contributed by atoms with E-state index < -0.39 is 9.05 Å². The zero-order chi connectivity index (χ0) is 12.5. The van der Waals surface area contributed by atoms with E-state index in [1.165, 1.54) is 6.07 Å². The number of benzene rings is 1. The largest absolute Gasteiger partial charge is 0.489 e. The van der Waals surface area contributed by atoms with Gasteiger partial charge in [0, 0.05) is 15.2 Å². The first-order valence-electron chi connectivity index (χ1n) is 4.63. The minimum atomic E-state index is -3.81. The Morgan fingerprint density at radius 1 is 1.38 bits per heavy atom. The van der Waals surface area contributed by atoms with Crippen LogP contribution in [-0.2, 0) is 9.05 Å². The van der Waals surface area contributed by atoms with E-state index >= 15 is 0 Å². The van der Waals surface area contributed by atoms with E-state index in [0.29, 0.717) is 10.2 Å². The van der Waals surface area contributed by atoms with Gasteiger partial charge in [0.15, 0.2) is 0 Å². The van der Waals surface area contributed by atoms with Crippen molar-refractivity contribution in [2.24, 2.45) is 0 Å². The molecule has 0 radical (unpaired) electrons. The maximum atomic E-state index is 11.4. The molecule has 0 aromatic heterocycles. The topological polar surface area (TPSA) is 43.4 Å². The molecule has 0 saturated carbocycles. The van der Waals surface area contributed by atoms with E-state index in [-0.39, 0.29) is 11.0 Å². The van der Waals surface area contributed by atoms with Crippen LogP contribution in [0.5, 0.6) is 5.75 Å². The lowest BCUT2D eigenvalue weighted by atomic mass is 10.2. The fourth-order valence-corrected chi connectivity index (χ4v) is 3.03. The molecule has 16 heavy (non-hydrogen) atoms. The SMILES string of the molecule is Cc1cc(Br)cc(S(=O)(=O)Cl)c1OC(C)C. The van der Waals surface area contributed by atoms with Gasteiger partial charge in [-0.15, -0.1) is 0 Å². The number of aryl methyl sites for hydroxylation is 1. The van der Waals surface area contributed by atoms with E-state index in [2.05, 4.69) is 15.9 Å². The van der Waals surface area contributed by atoms with E-state index in [9.17, 15) is 8.42 Å². The summed E-state index contributed by atoms with van der Waals surface area (Å²) in [5.41, 5.74) is 0.724. The predicted molar refractivity (Wildman–Crippen MR) is 67.7 cm³/mol. The first-order valence-corrected chi connectivity index (χ1v) is 7.73. The molecule has 0 aliphatic heterocycles. The number of hydrogen-bond donors (Lipinski definition) is 0. The summed E-state index contributed by atoms with van der Waals surface area (Å²) in [6.45, 7) is 5.42. The molecule has 1 aromatic carbocycles. The van der Waals surface area contributed by atoms with Crippen molar-refractivity contribution < 1.29 is 13.2 Å². The van der Waals surface area contributed by atoms with Gasteiger partial charge >= 0.3 is 0 Å². The molecule has 0 amide bonds. The Morgan fingerprint density at radius 3 is 2.38 bits per heavy atom. The first kappa shape index (κ1) is 13.8. The van der Waals surface area contributed by atoms with E-state index in [4.69, 9.17) is 15.4 Å². The number of ether oxygens (including phenoxy) is 1. The van der Waals surface area contributed by atoms with Crippen molar-refractivity contribution in [2.75, 3.05) is 0 Å². The highest BCUT2D eigenvalue weighted by Crippen LogP contribution is 2.34. The molecule has 0 aliphatic rings. The molecule has 0 spiro atoms. The van der Waals surface area contributed by atoms with Crippen LogP contribution in [0.4, 0.5) is 0 Å². The van der Waals surface area contributed by atoms with Gasteiger partial charge in [0.05, 0.1) is 6.10 Å². The molecule has 3 nitrogen and oxygen atoms in total. The van der Waals surface area contributed by atoms with Crippen LogP contribution in [0.1, 0.15) is 19.4 Å². The standard InChI is InChI=1S/C10H12BrClO3S/c1-6(2)15-10-7(3)4-8(11)5-9(10)16(12,13)14/h4-6H,1-3H3. The third-order valence-electron chi connectivity index (χ3n) is 1.82. The van der Waals surface area contributed by atoms with Gasteiger partial charge in [-0.25, -0.2) is 8.42 Å². The van der Waals surface area contributed by atoms with Crippen LogP contribution >= 0.6 is 26.6 Å². The summed E-state index contributed by atoms with van der Waals surface area (Å²) < 4.78 is 28.9. The maximum Gasteiger partial charge on any atom is 0.265 e. The van der Waals surface area contributed by atoms with E-state index in [0.717, 1.165) is 5.56 Å². The Bertz CT molecular complexity index is 497. The van der Waals surface area contributed by atoms with Gasteiger partial charge < -0.3 is 4.74 Å². The quantitative estimate of drug-likeness (QED) is 0.798. The van der Waals surface area contributed by atoms with Crippen LogP contribution in [0, 0.1) is 6.92 Å². The molecule has 0 unspecified atom stereocenters. The van der Waals surface area contributed by atoms with Crippen molar-refractivity contribution in [2.45, 2.75) is 31.8 Å². The summed E-state index contributed by atoms with van der Waals surface area (Å²) in [5, 5.41) is 0. The Morgan fingerprint density at radius 2 is 1.94 bits per heavy atom. The van der Waals surface area contributed by atoms with Crippen LogP contribution in [0.2, 0.25) is 0 Å². The van der Waals surface area contributed by atoms with Gasteiger partial charge in [0.2, 0.25) is 0 Å². The Kier molecular flexibility index (Phi) is 4.26. The van der Waals surface area contributed by atoms with Crippen molar-refractivity contribution in [1.29, 1.82) is 0 Å². The third-order valence-corrected chi connectivity index (χ3v) is 3.61. The Balaban J connectivity index is 3.45. The Hall–Kier alpha value is -0.260. The molecule has 0 heterocycles. The van der Waals surface area contributed by atoms with Crippen LogP contribution < -0.4 is 4.74 Å². The van der Waals surface area contributed by atoms with Gasteiger partial charge in [0.1, 0.15) is 10.6 Å². The molecule has 0 aliphatic carbocycles. The zero-order valence-electron chi connectivity index (χ0n) is 9.12. The normalized spacial score (nSPS) is 11.9. The lowest BCUT2D eigenvalue weighted by Crippen LogP contribution is -2.09. The molecule has 90 valence electrons. The van der Waals surface area contributed by atoms with Gasteiger partial charge in [-0.3, -0.25) is 0 Å². The van der Waals surface area contributed by atoms with Crippen LogP contribution in [0.3, 0.4) is 0 Å². The molecule has 0 bridgehead atoms. The van der Waals surface area contributed by atoms with Gasteiger partial charge in [-0.2, -0.15) is 0 Å². The van der Waals surface area contributed by atoms with E-state index in [1.54, 1.807) is 13.0 Å². The molecule has 0 N–H and O–H groups in total. The molecule has 1 aromatic rings. The molecule has 0 fully saturated rings. The van der Waals surface area contributed by atoms with Crippen molar-refractivity contribution >= 4 is 35.7 Å². The van der Waals surface area contributed by atoms with Crippen LogP contribution in [0.25, 0.3) is 0 Å². The average molecular weight is 328 g/mol. The Labute approximate surface area is 108 Å².